The van der Waals surface area contributed by atoms with Gasteiger partial charge in [-0.25, -0.2) is 13.6 Å². The molecule has 0 aromatic heterocycles. The van der Waals surface area contributed by atoms with Crippen LogP contribution in [-0.2, 0) is 30.3 Å². The lowest BCUT2D eigenvalue weighted by molar-refractivity contribution is -0.212. The molecule has 2 heterocycles. The molecule has 0 radical (unpaired) electrons. The standard InChI is InChI=1S/C36H40F2N2O7/c1-22(2)32(35(44)45)39-31(42)19-47-36(20-46-21-36)17-16-23-4-3-5-25(18-23)33-29(14-15-30(41)24-6-8-26(37)9-7-24)34(43)40(33)28-12-10-27(38)11-13-28/h3-13,18,22,29-30,32-33,41H,14-17,19-21H2,1-2H3,(H,39,42)(H,44,45)/t29?,30?,32-,33?/m1/s1. The van der Waals surface area contributed by atoms with E-state index < -0.39 is 47.2 Å². The van der Waals surface area contributed by atoms with Crippen molar-refractivity contribution < 1.29 is 42.9 Å². The van der Waals surface area contributed by atoms with Crippen molar-refractivity contribution in [3.05, 3.63) is 101 Å². The van der Waals surface area contributed by atoms with Crippen LogP contribution in [0.2, 0.25) is 0 Å². The topological polar surface area (TPSA) is 125 Å². The molecule has 2 amide bonds. The van der Waals surface area contributed by atoms with Crippen molar-refractivity contribution >= 4 is 23.5 Å². The van der Waals surface area contributed by atoms with Crippen LogP contribution in [0.1, 0.15) is 61.9 Å². The average Bonchev–Trinajstić information content (AvgIpc) is 3.02. The molecule has 4 atom stereocenters. The van der Waals surface area contributed by atoms with Gasteiger partial charge in [0.25, 0.3) is 0 Å². The van der Waals surface area contributed by atoms with E-state index in [2.05, 4.69) is 5.32 Å². The van der Waals surface area contributed by atoms with Crippen molar-refractivity contribution in [2.24, 2.45) is 11.8 Å². The van der Waals surface area contributed by atoms with Gasteiger partial charge in [0, 0.05) is 5.69 Å². The van der Waals surface area contributed by atoms with E-state index in [1.165, 1.54) is 36.4 Å². The van der Waals surface area contributed by atoms with Crippen LogP contribution in [0.4, 0.5) is 14.5 Å². The minimum absolute atomic E-state index is 0.127. The molecular formula is C36H40F2N2O7. The molecule has 0 saturated carbocycles. The molecule has 0 bridgehead atoms. The first-order valence-corrected chi connectivity index (χ1v) is 15.8. The first-order valence-electron chi connectivity index (χ1n) is 15.8. The maximum atomic E-state index is 13.7. The highest BCUT2D eigenvalue weighted by Crippen LogP contribution is 2.46. The third-order valence-corrected chi connectivity index (χ3v) is 8.98. The number of hydrogen-bond donors (Lipinski definition) is 3. The van der Waals surface area contributed by atoms with Crippen molar-refractivity contribution in [3.8, 4) is 0 Å². The van der Waals surface area contributed by atoms with Crippen molar-refractivity contribution in [1.82, 2.24) is 5.32 Å². The van der Waals surface area contributed by atoms with E-state index in [4.69, 9.17) is 9.47 Å². The lowest BCUT2D eigenvalue weighted by Gasteiger charge is -2.48. The fraction of sp³-hybridized carbons (Fsp3) is 0.417. The lowest BCUT2D eigenvalue weighted by atomic mass is 9.77. The van der Waals surface area contributed by atoms with Crippen LogP contribution in [0.5, 0.6) is 0 Å². The van der Waals surface area contributed by atoms with Crippen LogP contribution < -0.4 is 10.2 Å². The van der Waals surface area contributed by atoms with Gasteiger partial charge >= 0.3 is 5.97 Å². The summed E-state index contributed by atoms with van der Waals surface area (Å²) < 4.78 is 38.5. The Labute approximate surface area is 272 Å². The maximum absolute atomic E-state index is 13.7. The average molecular weight is 651 g/mol. The number of carbonyl (C=O) groups is 3. The number of carboxylic acids is 1. The lowest BCUT2D eigenvalue weighted by Crippen LogP contribution is -2.55. The molecule has 47 heavy (non-hydrogen) atoms. The number of aliphatic hydroxyl groups is 1. The van der Waals surface area contributed by atoms with Gasteiger partial charge in [0.15, 0.2) is 0 Å². The van der Waals surface area contributed by atoms with Gasteiger partial charge in [-0.3, -0.25) is 9.59 Å². The molecule has 3 aromatic rings. The number of ether oxygens (including phenoxy) is 2. The summed E-state index contributed by atoms with van der Waals surface area (Å²) >= 11 is 0. The summed E-state index contributed by atoms with van der Waals surface area (Å²) in [5, 5.41) is 22.6. The number of nitrogens with zero attached hydrogens (tertiary/aromatic N) is 1. The zero-order chi connectivity index (χ0) is 33.7. The Kier molecular flexibility index (Phi) is 10.7. The fourth-order valence-corrected chi connectivity index (χ4v) is 6.17. The predicted molar refractivity (Wildman–Crippen MR) is 169 cm³/mol. The van der Waals surface area contributed by atoms with Crippen LogP contribution in [0.15, 0.2) is 72.8 Å². The largest absolute Gasteiger partial charge is 0.480 e. The number of anilines is 1. The van der Waals surface area contributed by atoms with E-state index in [1.54, 1.807) is 30.9 Å². The molecule has 250 valence electrons. The van der Waals surface area contributed by atoms with E-state index in [0.29, 0.717) is 50.1 Å². The first-order chi connectivity index (χ1) is 22.5. The molecule has 11 heteroatoms. The molecule has 0 spiro atoms. The Morgan fingerprint density at radius 1 is 1.04 bits per heavy atom. The monoisotopic (exact) mass is 650 g/mol. The number of carboxylic acid groups (broad SMARTS) is 1. The number of halogens is 2. The smallest absolute Gasteiger partial charge is 0.326 e. The van der Waals surface area contributed by atoms with Crippen molar-refractivity contribution in [2.75, 3.05) is 24.7 Å². The molecule has 9 nitrogen and oxygen atoms in total. The molecule has 3 N–H and O–H groups in total. The van der Waals surface area contributed by atoms with Gasteiger partial charge in [-0.15, -0.1) is 0 Å². The van der Waals surface area contributed by atoms with Crippen molar-refractivity contribution in [2.45, 2.75) is 63.3 Å². The zero-order valence-corrected chi connectivity index (χ0v) is 26.4. The summed E-state index contributed by atoms with van der Waals surface area (Å²) in [7, 11) is 0. The highest BCUT2D eigenvalue weighted by atomic mass is 19.1. The highest BCUT2D eigenvalue weighted by Gasteiger charge is 2.48. The maximum Gasteiger partial charge on any atom is 0.326 e. The van der Waals surface area contributed by atoms with Gasteiger partial charge in [-0.2, -0.15) is 0 Å². The highest BCUT2D eigenvalue weighted by molar-refractivity contribution is 6.03. The number of aryl methyl sites for hydroxylation is 1. The predicted octanol–water partition coefficient (Wildman–Crippen LogP) is 5.13. The second kappa shape index (κ2) is 14.7. The first kappa shape index (κ1) is 34.2. The van der Waals surface area contributed by atoms with Crippen LogP contribution in [0.3, 0.4) is 0 Å². The number of aliphatic hydroxyl groups excluding tert-OH is 1. The molecule has 0 aliphatic carbocycles. The fourth-order valence-electron chi connectivity index (χ4n) is 6.17. The Balaban J connectivity index is 1.27. The van der Waals surface area contributed by atoms with Crippen LogP contribution in [-0.4, -0.2) is 59.5 Å². The van der Waals surface area contributed by atoms with Crippen molar-refractivity contribution in [1.29, 1.82) is 0 Å². The molecule has 2 aliphatic heterocycles. The molecule has 2 saturated heterocycles. The summed E-state index contributed by atoms with van der Waals surface area (Å²) in [6.45, 7) is 3.75. The van der Waals surface area contributed by atoms with Gasteiger partial charge < -0.3 is 29.9 Å². The Morgan fingerprint density at radius 3 is 2.30 bits per heavy atom. The van der Waals surface area contributed by atoms with Gasteiger partial charge in [0.2, 0.25) is 11.8 Å². The molecule has 3 unspecified atom stereocenters. The number of amides is 2. The van der Waals surface area contributed by atoms with Crippen LogP contribution >= 0.6 is 0 Å². The normalized spacial score (nSPS) is 19.9. The summed E-state index contributed by atoms with van der Waals surface area (Å²) in [6.07, 6.45) is 0.967. The third kappa shape index (κ3) is 8.04. The van der Waals surface area contributed by atoms with E-state index >= 15 is 0 Å². The van der Waals surface area contributed by atoms with E-state index in [9.17, 15) is 33.4 Å². The SMILES string of the molecule is CC(C)[C@@H](NC(=O)COC1(CCc2cccc(C3C(CCC(O)c4ccc(F)cc4)C(=O)N3c3ccc(F)cc3)c2)COC1)C(=O)O. The minimum atomic E-state index is -1.10. The second-order valence-corrected chi connectivity index (χ2v) is 12.7. The number of β-lactam (4-membered cyclic amide) rings is 1. The number of benzene rings is 3. The zero-order valence-electron chi connectivity index (χ0n) is 26.4. The summed E-state index contributed by atoms with van der Waals surface area (Å²) in [6, 6.07) is 17.9. The van der Waals surface area contributed by atoms with Gasteiger partial charge in [0.1, 0.15) is 29.9 Å². The number of hydrogen-bond acceptors (Lipinski definition) is 6. The van der Waals surface area contributed by atoms with Crippen molar-refractivity contribution in [3.63, 3.8) is 0 Å². The Bertz CT molecular complexity index is 1560. The summed E-state index contributed by atoms with van der Waals surface area (Å²) in [5.41, 5.74) is 2.33. The van der Waals surface area contributed by atoms with Gasteiger partial charge in [-0.1, -0.05) is 50.2 Å². The molecule has 5 rings (SSSR count). The number of aliphatic carboxylic acids is 1. The van der Waals surface area contributed by atoms with Gasteiger partial charge in [-0.05, 0) is 84.7 Å². The Morgan fingerprint density at radius 2 is 1.70 bits per heavy atom. The minimum Gasteiger partial charge on any atom is -0.480 e. The van der Waals surface area contributed by atoms with Crippen LogP contribution in [0.25, 0.3) is 0 Å². The second-order valence-electron chi connectivity index (χ2n) is 12.7. The molecular weight excluding hydrogens is 610 g/mol. The van der Waals surface area contributed by atoms with Crippen LogP contribution in [0, 0.1) is 23.5 Å². The molecule has 2 fully saturated rings. The molecule has 2 aliphatic rings. The van der Waals surface area contributed by atoms with E-state index in [0.717, 1.165) is 11.1 Å². The number of rotatable bonds is 15. The van der Waals surface area contributed by atoms with E-state index in [1.807, 2.05) is 24.3 Å². The van der Waals surface area contributed by atoms with Gasteiger partial charge in [0.05, 0.1) is 31.3 Å². The quantitative estimate of drug-likeness (QED) is 0.195. The third-order valence-electron chi connectivity index (χ3n) is 8.98. The molecule has 3 aromatic carbocycles. The van der Waals surface area contributed by atoms with E-state index in [-0.39, 0.29) is 24.5 Å². The summed E-state index contributed by atoms with van der Waals surface area (Å²) in [5.74, 6) is -3.26. The number of nitrogens with one attached hydrogen (secondary N) is 1. The summed E-state index contributed by atoms with van der Waals surface area (Å²) in [4.78, 5) is 39.1. The Hall–Kier alpha value is -4.19. The number of carbonyl (C=O) groups excluding carboxylic acids is 2.